The monoisotopic (exact) mass is 211 g/mol. The van der Waals surface area contributed by atoms with Crippen LogP contribution in [0.3, 0.4) is 0 Å². The maximum Gasteiger partial charge on any atom is 0.254 e. The van der Waals surface area contributed by atoms with Gasteiger partial charge in [0, 0.05) is 12.2 Å². The van der Waals surface area contributed by atoms with Crippen molar-refractivity contribution in [1.29, 1.82) is 0 Å². The van der Waals surface area contributed by atoms with Gasteiger partial charge in [-0.1, -0.05) is 0 Å². The molecule has 6 heteroatoms. The zero-order chi connectivity index (χ0) is 11.6. The third kappa shape index (κ3) is 1.75. The highest BCUT2D eigenvalue weighted by Gasteiger charge is 2.44. The zero-order valence-corrected chi connectivity index (χ0v) is 8.40. The normalized spacial score (nSPS) is 19.5. The van der Waals surface area contributed by atoms with Gasteiger partial charge in [0.05, 0.1) is 0 Å². The van der Waals surface area contributed by atoms with E-state index in [2.05, 4.69) is 0 Å². The van der Waals surface area contributed by atoms with Gasteiger partial charge < -0.3 is 11.5 Å². The van der Waals surface area contributed by atoms with Crippen LogP contribution in [-0.2, 0) is 14.4 Å². The molecule has 4 N–H and O–H groups in total. The third-order valence-electron chi connectivity index (χ3n) is 2.46. The second-order valence-corrected chi connectivity index (χ2v) is 3.52. The SMILES string of the molecule is CC(CCN)(C(N)=O)N1C(=O)C=CC1=O. The van der Waals surface area contributed by atoms with Gasteiger partial charge in [-0.15, -0.1) is 0 Å². The van der Waals surface area contributed by atoms with Crippen molar-refractivity contribution >= 4 is 17.7 Å². The fourth-order valence-electron chi connectivity index (χ4n) is 1.51. The van der Waals surface area contributed by atoms with Crippen molar-refractivity contribution in [1.82, 2.24) is 4.90 Å². The van der Waals surface area contributed by atoms with E-state index in [1.807, 2.05) is 0 Å². The van der Waals surface area contributed by atoms with E-state index in [9.17, 15) is 14.4 Å². The van der Waals surface area contributed by atoms with Crippen molar-refractivity contribution in [3.05, 3.63) is 12.2 Å². The molecule has 3 amide bonds. The van der Waals surface area contributed by atoms with Crippen molar-refractivity contribution in [2.75, 3.05) is 6.54 Å². The molecule has 15 heavy (non-hydrogen) atoms. The summed E-state index contributed by atoms with van der Waals surface area (Å²) in [5.74, 6) is -1.80. The number of carbonyl (C=O) groups is 3. The summed E-state index contributed by atoms with van der Waals surface area (Å²) in [7, 11) is 0. The van der Waals surface area contributed by atoms with Crippen LogP contribution in [0, 0.1) is 0 Å². The molecule has 1 aliphatic rings. The number of amides is 3. The molecule has 0 bridgehead atoms. The van der Waals surface area contributed by atoms with Crippen LogP contribution in [-0.4, -0.2) is 34.7 Å². The Hall–Kier alpha value is -1.69. The Kier molecular flexibility index (Phi) is 2.90. The molecule has 0 saturated heterocycles. The number of hydrogen-bond acceptors (Lipinski definition) is 4. The number of imide groups is 1. The molecule has 0 spiro atoms. The molecule has 0 aromatic carbocycles. The average molecular weight is 211 g/mol. The van der Waals surface area contributed by atoms with Gasteiger partial charge in [-0.25, -0.2) is 0 Å². The van der Waals surface area contributed by atoms with Crippen LogP contribution in [0.4, 0.5) is 0 Å². The quantitative estimate of drug-likeness (QED) is 0.552. The summed E-state index contributed by atoms with van der Waals surface area (Å²) < 4.78 is 0. The molecule has 82 valence electrons. The summed E-state index contributed by atoms with van der Waals surface area (Å²) in [6, 6.07) is 0. The highest BCUT2D eigenvalue weighted by molar-refractivity contribution is 6.15. The van der Waals surface area contributed by atoms with Crippen LogP contribution in [0.15, 0.2) is 12.2 Å². The van der Waals surface area contributed by atoms with Gasteiger partial charge in [-0.05, 0) is 19.9 Å². The van der Waals surface area contributed by atoms with E-state index in [4.69, 9.17) is 11.5 Å². The van der Waals surface area contributed by atoms with Gasteiger partial charge in [0.2, 0.25) is 5.91 Å². The first kappa shape index (κ1) is 11.4. The minimum Gasteiger partial charge on any atom is -0.368 e. The Morgan fingerprint density at radius 2 is 1.87 bits per heavy atom. The molecule has 0 saturated carbocycles. The lowest BCUT2D eigenvalue weighted by atomic mass is 9.94. The van der Waals surface area contributed by atoms with Crippen LogP contribution in [0.25, 0.3) is 0 Å². The first-order valence-electron chi connectivity index (χ1n) is 4.49. The van der Waals surface area contributed by atoms with Crippen molar-refractivity contribution < 1.29 is 14.4 Å². The summed E-state index contributed by atoms with van der Waals surface area (Å²) in [6.45, 7) is 1.60. The van der Waals surface area contributed by atoms with Crippen LogP contribution < -0.4 is 11.5 Å². The largest absolute Gasteiger partial charge is 0.368 e. The number of hydrogen-bond donors (Lipinski definition) is 2. The van der Waals surface area contributed by atoms with Crippen molar-refractivity contribution in [3.63, 3.8) is 0 Å². The minimum absolute atomic E-state index is 0.154. The van der Waals surface area contributed by atoms with E-state index in [-0.39, 0.29) is 13.0 Å². The summed E-state index contributed by atoms with van der Waals surface area (Å²) in [5, 5.41) is 0. The predicted octanol–water partition coefficient (Wildman–Crippen LogP) is -1.50. The fourth-order valence-corrected chi connectivity index (χ4v) is 1.51. The molecule has 1 atom stereocenters. The molecule has 0 fully saturated rings. The Morgan fingerprint density at radius 1 is 1.40 bits per heavy atom. The van der Waals surface area contributed by atoms with Gasteiger partial charge in [-0.3, -0.25) is 19.3 Å². The highest BCUT2D eigenvalue weighted by atomic mass is 16.2. The first-order valence-corrected chi connectivity index (χ1v) is 4.49. The van der Waals surface area contributed by atoms with Gasteiger partial charge in [0.15, 0.2) is 0 Å². The summed E-state index contributed by atoms with van der Waals surface area (Å²) >= 11 is 0. The molecule has 1 unspecified atom stereocenters. The maximum atomic E-state index is 11.4. The molecule has 6 nitrogen and oxygen atoms in total. The lowest BCUT2D eigenvalue weighted by Crippen LogP contribution is -2.58. The van der Waals surface area contributed by atoms with Crippen LogP contribution in [0.1, 0.15) is 13.3 Å². The fraction of sp³-hybridized carbons (Fsp3) is 0.444. The molecular weight excluding hydrogens is 198 g/mol. The molecule has 1 rings (SSSR count). The lowest BCUT2D eigenvalue weighted by Gasteiger charge is -2.33. The van der Waals surface area contributed by atoms with E-state index in [1.165, 1.54) is 6.92 Å². The van der Waals surface area contributed by atoms with E-state index >= 15 is 0 Å². The van der Waals surface area contributed by atoms with E-state index < -0.39 is 23.3 Å². The van der Waals surface area contributed by atoms with Gasteiger partial charge in [-0.2, -0.15) is 0 Å². The standard InChI is InChI=1S/C9H13N3O3/c1-9(4-5-10,8(11)15)12-6(13)2-3-7(12)14/h2-3H,4-5,10H2,1H3,(H2,11,15). The molecular formula is C9H13N3O3. The molecule has 1 aliphatic heterocycles. The Bertz CT molecular complexity index is 333. The zero-order valence-electron chi connectivity index (χ0n) is 8.40. The number of primary amides is 1. The number of nitrogens with zero attached hydrogens (tertiary/aromatic N) is 1. The average Bonchev–Trinajstić information content (AvgIpc) is 2.46. The van der Waals surface area contributed by atoms with Gasteiger partial charge in [0.25, 0.3) is 11.8 Å². The number of rotatable bonds is 4. The molecule has 0 aromatic heterocycles. The second-order valence-electron chi connectivity index (χ2n) is 3.52. The second kappa shape index (κ2) is 3.82. The van der Waals surface area contributed by atoms with Crippen LogP contribution in [0.5, 0.6) is 0 Å². The predicted molar refractivity (Wildman–Crippen MR) is 52.3 cm³/mol. The van der Waals surface area contributed by atoms with E-state index in [1.54, 1.807) is 0 Å². The number of carbonyl (C=O) groups excluding carboxylic acids is 3. The molecule has 1 heterocycles. The highest BCUT2D eigenvalue weighted by Crippen LogP contribution is 2.22. The lowest BCUT2D eigenvalue weighted by molar-refractivity contribution is -0.150. The topological polar surface area (TPSA) is 106 Å². The summed E-state index contributed by atoms with van der Waals surface area (Å²) in [4.78, 5) is 34.9. The Labute approximate surface area is 86.9 Å². The summed E-state index contributed by atoms with van der Waals surface area (Å²) in [6.07, 6.45) is 2.38. The minimum atomic E-state index is -1.34. The van der Waals surface area contributed by atoms with Crippen molar-refractivity contribution in [2.24, 2.45) is 11.5 Å². The van der Waals surface area contributed by atoms with Gasteiger partial charge >= 0.3 is 0 Å². The first-order chi connectivity index (χ1) is 6.93. The Morgan fingerprint density at radius 3 is 2.20 bits per heavy atom. The molecule has 0 aromatic rings. The van der Waals surface area contributed by atoms with Crippen molar-refractivity contribution in [3.8, 4) is 0 Å². The van der Waals surface area contributed by atoms with Crippen LogP contribution in [0.2, 0.25) is 0 Å². The third-order valence-corrected chi connectivity index (χ3v) is 2.46. The molecule has 0 aliphatic carbocycles. The van der Waals surface area contributed by atoms with Crippen LogP contribution >= 0.6 is 0 Å². The van der Waals surface area contributed by atoms with Crippen molar-refractivity contribution in [2.45, 2.75) is 18.9 Å². The smallest absolute Gasteiger partial charge is 0.254 e. The maximum absolute atomic E-state index is 11.4. The van der Waals surface area contributed by atoms with E-state index in [0.29, 0.717) is 0 Å². The summed E-state index contributed by atoms with van der Waals surface area (Å²) in [5.41, 5.74) is 9.19. The molecule has 0 radical (unpaired) electrons. The number of nitrogens with two attached hydrogens (primary N) is 2. The van der Waals surface area contributed by atoms with Gasteiger partial charge in [0.1, 0.15) is 5.54 Å². The van der Waals surface area contributed by atoms with E-state index in [0.717, 1.165) is 17.1 Å². The Balaban J connectivity index is 3.05.